The minimum absolute atomic E-state index is 0.0169. The van der Waals surface area contributed by atoms with Crippen LogP contribution < -0.4 is 21.2 Å². The van der Waals surface area contributed by atoms with Gasteiger partial charge in [0.05, 0.1) is 11.2 Å². The van der Waals surface area contributed by atoms with E-state index >= 15 is 4.39 Å². The standard InChI is InChI=1S/C27H27FN4O5S/c1-27(2,3)37-26(36)29-12-11-21(33)31(15-7-5-4-6-8-15)20-14-19-17(13-18(20)28)23(34)22-24(35)30-38-25(22)32(19)16-9-10-16/h4-8,13-14,16H,9-12H2,1-3H3,(H,29,36)(H,30,35). The molecule has 2 heterocycles. The van der Waals surface area contributed by atoms with Gasteiger partial charge >= 0.3 is 6.09 Å². The third-order valence-corrected chi connectivity index (χ3v) is 7.00. The molecule has 0 aliphatic heterocycles. The molecule has 0 saturated heterocycles. The number of carbonyl (C=O) groups excluding carboxylic acids is 2. The zero-order valence-corrected chi connectivity index (χ0v) is 22.0. The molecule has 0 bridgehead atoms. The average molecular weight is 539 g/mol. The van der Waals surface area contributed by atoms with Crippen molar-refractivity contribution in [1.82, 2.24) is 14.3 Å². The van der Waals surface area contributed by atoms with Crippen LogP contribution in [-0.2, 0) is 9.53 Å². The number of alkyl carbamates (subject to hydrolysis) is 1. The number of carbonyl (C=O) groups is 2. The van der Waals surface area contributed by atoms with Gasteiger partial charge in [0, 0.05) is 30.1 Å². The first-order valence-corrected chi connectivity index (χ1v) is 13.1. The maximum absolute atomic E-state index is 15.7. The van der Waals surface area contributed by atoms with Crippen molar-refractivity contribution in [3.63, 3.8) is 0 Å². The Balaban J connectivity index is 1.58. The van der Waals surface area contributed by atoms with Crippen molar-refractivity contribution >= 4 is 56.0 Å². The summed E-state index contributed by atoms with van der Waals surface area (Å²) < 4.78 is 25.4. The highest BCUT2D eigenvalue weighted by atomic mass is 32.1. The maximum atomic E-state index is 15.7. The fourth-order valence-electron chi connectivity index (χ4n) is 4.40. The Morgan fingerprint density at radius 3 is 2.55 bits per heavy atom. The van der Waals surface area contributed by atoms with Gasteiger partial charge in [0.25, 0.3) is 5.56 Å². The number of rotatable bonds is 6. The summed E-state index contributed by atoms with van der Waals surface area (Å²) in [6.07, 6.45) is 0.948. The van der Waals surface area contributed by atoms with E-state index < -0.39 is 34.4 Å². The molecule has 2 aromatic heterocycles. The third kappa shape index (κ3) is 4.93. The van der Waals surface area contributed by atoms with Crippen LogP contribution in [0.5, 0.6) is 0 Å². The van der Waals surface area contributed by atoms with Crippen LogP contribution in [0.15, 0.2) is 52.1 Å². The minimum atomic E-state index is -0.778. The van der Waals surface area contributed by atoms with Crippen LogP contribution >= 0.6 is 11.5 Å². The van der Waals surface area contributed by atoms with Gasteiger partial charge < -0.3 is 14.6 Å². The Morgan fingerprint density at radius 1 is 1.18 bits per heavy atom. The molecule has 2 amide bonds. The zero-order chi connectivity index (χ0) is 27.2. The molecule has 5 rings (SSSR count). The summed E-state index contributed by atoms with van der Waals surface area (Å²) in [6.45, 7) is 5.19. The van der Waals surface area contributed by atoms with Crippen LogP contribution in [0.1, 0.15) is 46.1 Å². The molecular formula is C27H27FN4O5S. The van der Waals surface area contributed by atoms with Crippen molar-refractivity contribution in [2.45, 2.75) is 51.7 Å². The van der Waals surface area contributed by atoms with Crippen LogP contribution in [0.25, 0.3) is 21.1 Å². The predicted molar refractivity (Wildman–Crippen MR) is 145 cm³/mol. The lowest BCUT2D eigenvalue weighted by atomic mass is 10.1. The van der Waals surface area contributed by atoms with E-state index in [1.165, 1.54) is 11.0 Å². The maximum Gasteiger partial charge on any atom is 0.407 e. The molecular weight excluding hydrogens is 511 g/mol. The Hall–Kier alpha value is -3.99. The number of nitrogens with one attached hydrogen (secondary N) is 2. The summed E-state index contributed by atoms with van der Waals surface area (Å²) in [6, 6.07) is 11.3. The number of hydrogen-bond acceptors (Lipinski definition) is 6. The van der Waals surface area contributed by atoms with Gasteiger partial charge in [0.1, 0.15) is 21.6 Å². The number of H-pyrrole nitrogens is 1. The van der Waals surface area contributed by atoms with Crippen LogP contribution in [-0.4, -0.2) is 33.1 Å². The topological polar surface area (TPSA) is 114 Å². The van der Waals surface area contributed by atoms with Gasteiger partial charge in [-0.25, -0.2) is 9.18 Å². The number of halogens is 1. The molecule has 1 aliphatic carbocycles. The highest BCUT2D eigenvalue weighted by molar-refractivity contribution is 7.12. The molecule has 9 nitrogen and oxygen atoms in total. The molecule has 1 saturated carbocycles. The van der Waals surface area contributed by atoms with Crippen LogP contribution in [0.4, 0.5) is 20.6 Å². The summed E-state index contributed by atoms with van der Waals surface area (Å²) in [5.41, 5.74) is -0.859. The zero-order valence-electron chi connectivity index (χ0n) is 21.2. The van der Waals surface area contributed by atoms with Crippen LogP contribution in [0, 0.1) is 5.82 Å². The molecule has 1 aliphatic rings. The van der Waals surface area contributed by atoms with Crippen LogP contribution in [0.2, 0.25) is 0 Å². The van der Waals surface area contributed by atoms with Crippen molar-refractivity contribution in [2.75, 3.05) is 11.4 Å². The SMILES string of the molecule is CC(C)(C)OC(=O)NCCC(=O)N(c1ccccc1)c1cc2c(cc1F)c(=O)c1c(=O)[nH]sc1n2C1CC1. The smallest absolute Gasteiger partial charge is 0.407 e. The number of nitrogens with zero attached hydrogens (tertiary/aromatic N) is 2. The average Bonchev–Trinajstić information content (AvgIpc) is 3.61. The first-order valence-electron chi connectivity index (χ1n) is 12.3. The summed E-state index contributed by atoms with van der Waals surface area (Å²) in [5.74, 6) is -1.24. The van der Waals surface area contributed by atoms with E-state index in [2.05, 4.69) is 9.69 Å². The Bertz CT molecular complexity index is 1660. The molecule has 4 aromatic rings. The van der Waals surface area contributed by atoms with E-state index in [0.717, 1.165) is 30.4 Å². The highest BCUT2D eigenvalue weighted by Crippen LogP contribution is 2.41. The predicted octanol–water partition coefficient (Wildman–Crippen LogP) is 4.96. The second-order valence-corrected chi connectivity index (χ2v) is 11.0. The van der Waals surface area contributed by atoms with E-state index in [9.17, 15) is 19.2 Å². The fraction of sp³-hybridized carbons (Fsp3) is 0.333. The fourth-order valence-corrected chi connectivity index (χ4v) is 5.32. The number of fused-ring (bicyclic) bond motifs is 2. The number of ether oxygens (including phenoxy) is 1. The van der Waals surface area contributed by atoms with E-state index in [1.54, 1.807) is 51.1 Å². The first-order chi connectivity index (χ1) is 18.0. The number of anilines is 2. The molecule has 0 radical (unpaired) electrons. The largest absolute Gasteiger partial charge is 0.444 e. The number of amides is 2. The molecule has 198 valence electrons. The second kappa shape index (κ2) is 9.71. The number of hydrogen-bond donors (Lipinski definition) is 2. The van der Waals surface area contributed by atoms with E-state index in [4.69, 9.17) is 4.74 Å². The van der Waals surface area contributed by atoms with Crippen LogP contribution in [0.3, 0.4) is 0 Å². The van der Waals surface area contributed by atoms with Gasteiger partial charge in [-0.15, -0.1) is 0 Å². The lowest BCUT2D eigenvalue weighted by Crippen LogP contribution is -2.35. The summed E-state index contributed by atoms with van der Waals surface area (Å²) >= 11 is 1.08. The molecule has 0 atom stereocenters. The quantitative estimate of drug-likeness (QED) is 0.360. The number of aromatic amines is 1. The van der Waals surface area contributed by atoms with Gasteiger partial charge in [0.2, 0.25) is 11.3 Å². The second-order valence-electron chi connectivity index (χ2n) is 10.2. The number of benzene rings is 2. The Labute approximate surface area is 221 Å². The molecule has 11 heteroatoms. The van der Waals surface area contributed by atoms with Gasteiger partial charge in [-0.3, -0.25) is 23.7 Å². The number of aromatic nitrogens is 2. The van der Waals surface area contributed by atoms with Gasteiger partial charge in [-0.05, 0) is 69.4 Å². The third-order valence-electron chi connectivity index (χ3n) is 6.12. The monoisotopic (exact) mass is 538 g/mol. The van der Waals surface area contributed by atoms with Crippen molar-refractivity contribution < 1.29 is 18.7 Å². The number of pyridine rings is 1. The summed E-state index contributed by atoms with van der Waals surface area (Å²) in [4.78, 5) is 52.8. The highest BCUT2D eigenvalue weighted by Gasteiger charge is 2.30. The van der Waals surface area contributed by atoms with E-state index in [1.807, 2.05) is 4.57 Å². The van der Waals surface area contributed by atoms with Crippen molar-refractivity contribution in [3.8, 4) is 0 Å². The van der Waals surface area contributed by atoms with Gasteiger partial charge in [-0.1, -0.05) is 18.2 Å². The number of para-hydroxylation sites is 1. The van der Waals surface area contributed by atoms with Crippen molar-refractivity contribution in [3.05, 3.63) is 68.9 Å². The summed E-state index contributed by atoms with van der Waals surface area (Å²) in [5, 5.41) is 2.66. The lowest BCUT2D eigenvalue weighted by Gasteiger charge is -2.25. The molecule has 2 N–H and O–H groups in total. The van der Waals surface area contributed by atoms with Gasteiger partial charge in [-0.2, -0.15) is 0 Å². The Kier molecular flexibility index (Phi) is 6.56. The molecule has 2 aromatic carbocycles. The van der Waals surface area contributed by atoms with Crippen molar-refractivity contribution in [2.24, 2.45) is 0 Å². The minimum Gasteiger partial charge on any atom is -0.444 e. The molecule has 0 unspecified atom stereocenters. The Morgan fingerprint density at radius 2 is 1.89 bits per heavy atom. The van der Waals surface area contributed by atoms with E-state index in [0.29, 0.717) is 16.0 Å². The van der Waals surface area contributed by atoms with Gasteiger partial charge in [0.15, 0.2) is 0 Å². The van der Waals surface area contributed by atoms with E-state index in [-0.39, 0.29) is 35.5 Å². The normalized spacial score (nSPS) is 13.6. The molecule has 38 heavy (non-hydrogen) atoms. The molecule has 0 spiro atoms. The van der Waals surface area contributed by atoms with Crippen molar-refractivity contribution in [1.29, 1.82) is 0 Å². The first kappa shape index (κ1) is 25.7. The lowest BCUT2D eigenvalue weighted by molar-refractivity contribution is -0.117. The molecule has 1 fully saturated rings. The summed E-state index contributed by atoms with van der Waals surface area (Å²) in [7, 11) is 0.